The van der Waals surface area contributed by atoms with E-state index in [-0.39, 0.29) is 18.2 Å². The van der Waals surface area contributed by atoms with Crippen LogP contribution in [-0.2, 0) is 21.2 Å². The summed E-state index contributed by atoms with van der Waals surface area (Å²) in [7, 11) is -3.71. The standard InChI is InChI=1S/C16H14ClNO5S/c17-12-2-4-13(5-3-12)24(20,21)9-16(19)18-8-11-1-6-14-15(7-11)23-10-22-14/h1-7H,8-10H2,(H,18,19). The van der Waals surface area contributed by atoms with E-state index in [1.165, 1.54) is 24.3 Å². The van der Waals surface area contributed by atoms with Crippen LogP contribution in [0.3, 0.4) is 0 Å². The lowest BCUT2D eigenvalue weighted by Crippen LogP contribution is -2.29. The van der Waals surface area contributed by atoms with Gasteiger partial charge in [0, 0.05) is 11.6 Å². The highest BCUT2D eigenvalue weighted by molar-refractivity contribution is 7.92. The van der Waals surface area contributed by atoms with Crippen LogP contribution < -0.4 is 14.8 Å². The Morgan fingerprint density at radius 1 is 1.08 bits per heavy atom. The first-order chi connectivity index (χ1) is 11.4. The largest absolute Gasteiger partial charge is 0.454 e. The van der Waals surface area contributed by atoms with Crippen molar-refractivity contribution in [1.29, 1.82) is 0 Å². The van der Waals surface area contributed by atoms with Gasteiger partial charge in [0.15, 0.2) is 21.3 Å². The van der Waals surface area contributed by atoms with Crippen LogP contribution in [-0.4, -0.2) is 26.9 Å². The Labute approximate surface area is 144 Å². The number of benzene rings is 2. The van der Waals surface area contributed by atoms with Gasteiger partial charge in [-0.25, -0.2) is 8.42 Å². The van der Waals surface area contributed by atoms with Crippen molar-refractivity contribution in [2.24, 2.45) is 0 Å². The molecule has 0 spiro atoms. The first-order valence-electron chi connectivity index (χ1n) is 7.07. The molecule has 8 heteroatoms. The van der Waals surface area contributed by atoms with Crippen molar-refractivity contribution in [3.8, 4) is 11.5 Å². The average molecular weight is 368 g/mol. The molecule has 1 aliphatic heterocycles. The van der Waals surface area contributed by atoms with Gasteiger partial charge in [-0.1, -0.05) is 17.7 Å². The maximum atomic E-state index is 12.2. The molecule has 1 N–H and O–H groups in total. The minimum Gasteiger partial charge on any atom is -0.454 e. The molecule has 2 aromatic carbocycles. The lowest BCUT2D eigenvalue weighted by atomic mass is 10.2. The van der Waals surface area contributed by atoms with Crippen LogP contribution in [0.1, 0.15) is 5.56 Å². The van der Waals surface area contributed by atoms with E-state index in [0.29, 0.717) is 16.5 Å². The van der Waals surface area contributed by atoms with E-state index >= 15 is 0 Å². The lowest BCUT2D eigenvalue weighted by molar-refractivity contribution is -0.118. The van der Waals surface area contributed by atoms with Gasteiger partial charge in [-0.3, -0.25) is 4.79 Å². The number of nitrogens with one attached hydrogen (secondary N) is 1. The first-order valence-corrected chi connectivity index (χ1v) is 9.11. The average Bonchev–Trinajstić information content (AvgIpc) is 3.00. The summed E-state index contributed by atoms with van der Waals surface area (Å²) in [5.41, 5.74) is 0.788. The van der Waals surface area contributed by atoms with Gasteiger partial charge in [0.2, 0.25) is 12.7 Å². The number of hydrogen-bond acceptors (Lipinski definition) is 5. The number of fused-ring (bicyclic) bond motifs is 1. The summed E-state index contributed by atoms with van der Waals surface area (Å²) in [5.74, 6) is 0.0488. The van der Waals surface area contributed by atoms with Crippen LogP contribution in [0.2, 0.25) is 5.02 Å². The molecule has 0 radical (unpaired) electrons. The molecule has 0 saturated heterocycles. The summed E-state index contributed by atoms with van der Waals surface area (Å²) in [6.45, 7) is 0.371. The van der Waals surface area contributed by atoms with Gasteiger partial charge in [-0.05, 0) is 42.0 Å². The molecular formula is C16H14ClNO5S. The maximum absolute atomic E-state index is 12.2. The van der Waals surface area contributed by atoms with Crippen molar-refractivity contribution in [3.63, 3.8) is 0 Å². The summed E-state index contributed by atoms with van der Waals surface area (Å²) in [5, 5.41) is 3.02. The molecule has 0 fully saturated rings. The second-order valence-electron chi connectivity index (χ2n) is 5.18. The molecule has 0 atom stereocenters. The van der Waals surface area contributed by atoms with Crippen molar-refractivity contribution < 1.29 is 22.7 Å². The number of halogens is 1. The number of amides is 1. The van der Waals surface area contributed by atoms with Crippen LogP contribution in [0.5, 0.6) is 11.5 Å². The van der Waals surface area contributed by atoms with Gasteiger partial charge in [0.05, 0.1) is 4.90 Å². The quantitative estimate of drug-likeness (QED) is 0.875. The van der Waals surface area contributed by atoms with Gasteiger partial charge in [-0.15, -0.1) is 0 Å². The fourth-order valence-corrected chi connectivity index (χ4v) is 3.49. The minimum absolute atomic E-state index is 0.0603. The van der Waals surface area contributed by atoms with E-state index in [0.717, 1.165) is 5.56 Å². The Morgan fingerprint density at radius 2 is 1.79 bits per heavy atom. The predicted octanol–water partition coefficient (Wildman–Crippen LogP) is 2.16. The van der Waals surface area contributed by atoms with Gasteiger partial charge in [-0.2, -0.15) is 0 Å². The molecule has 1 aliphatic rings. The smallest absolute Gasteiger partial charge is 0.235 e. The molecule has 1 heterocycles. The maximum Gasteiger partial charge on any atom is 0.235 e. The van der Waals surface area contributed by atoms with Crippen LogP contribution in [0.15, 0.2) is 47.4 Å². The predicted molar refractivity (Wildman–Crippen MR) is 87.9 cm³/mol. The van der Waals surface area contributed by atoms with Crippen molar-refractivity contribution in [2.75, 3.05) is 12.5 Å². The third kappa shape index (κ3) is 3.80. The number of ether oxygens (including phenoxy) is 2. The molecule has 0 bridgehead atoms. The van der Waals surface area contributed by atoms with E-state index in [2.05, 4.69) is 5.32 Å². The number of carbonyl (C=O) groups is 1. The van der Waals surface area contributed by atoms with E-state index < -0.39 is 21.5 Å². The molecule has 3 rings (SSSR count). The fourth-order valence-electron chi connectivity index (χ4n) is 2.20. The van der Waals surface area contributed by atoms with Crippen molar-refractivity contribution in [3.05, 3.63) is 53.1 Å². The highest BCUT2D eigenvalue weighted by Crippen LogP contribution is 2.32. The Morgan fingerprint density at radius 3 is 2.54 bits per heavy atom. The van der Waals surface area contributed by atoms with Crippen molar-refractivity contribution in [1.82, 2.24) is 5.32 Å². The van der Waals surface area contributed by atoms with E-state index in [9.17, 15) is 13.2 Å². The topological polar surface area (TPSA) is 81.7 Å². The first kappa shape index (κ1) is 16.6. The Kier molecular flexibility index (Phi) is 4.64. The van der Waals surface area contributed by atoms with E-state index in [1.54, 1.807) is 18.2 Å². The second kappa shape index (κ2) is 6.70. The minimum atomic E-state index is -3.71. The lowest BCUT2D eigenvalue weighted by Gasteiger charge is -2.07. The molecular weight excluding hydrogens is 354 g/mol. The third-order valence-corrected chi connectivity index (χ3v) is 5.31. The number of sulfone groups is 1. The molecule has 0 saturated carbocycles. The molecule has 6 nitrogen and oxygen atoms in total. The number of rotatable bonds is 5. The van der Waals surface area contributed by atoms with Crippen LogP contribution >= 0.6 is 11.6 Å². The zero-order valence-electron chi connectivity index (χ0n) is 12.5. The zero-order chi connectivity index (χ0) is 17.2. The van der Waals surface area contributed by atoms with Gasteiger partial charge < -0.3 is 14.8 Å². The van der Waals surface area contributed by atoms with Gasteiger partial charge in [0.25, 0.3) is 0 Å². The Hall–Kier alpha value is -2.25. The summed E-state index contributed by atoms with van der Waals surface area (Å²) < 4.78 is 34.8. The summed E-state index contributed by atoms with van der Waals surface area (Å²) >= 11 is 5.73. The SMILES string of the molecule is O=C(CS(=O)(=O)c1ccc(Cl)cc1)NCc1ccc2c(c1)OCO2. The van der Waals surface area contributed by atoms with Crippen LogP contribution in [0.4, 0.5) is 0 Å². The summed E-state index contributed by atoms with van der Waals surface area (Å²) in [6.07, 6.45) is 0. The highest BCUT2D eigenvalue weighted by atomic mass is 35.5. The molecule has 2 aromatic rings. The van der Waals surface area contributed by atoms with Gasteiger partial charge in [0.1, 0.15) is 5.75 Å². The zero-order valence-corrected chi connectivity index (χ0v) is 14.1. The fraction of sp³-hybridized carbons (Fsp3) is 0.188. The molecule has 24 heavy (non-hydrogen) atoms. The highest BCUT2D eigenvalue weighted by Gasteiger charge is 2.19. The van der Waals surface area contributed by atoms with E-state index in [4.69, 9.17) is 21.1 Å². The van der Waals surface area contributed by atoms with Crippen LogP contribution in [0.25, 0.3) is 0 Å². The van der Waals surface area contributed by atoms with Crippen molar-refractivity contribution >= 4 is 27.3 Å². The van der Waals surface area contributed by atoms with Crippen molar-refractivity contribution in [2.45, 2.75) is 11.4 Å². The van der Waals surface area contributed by atoms with E-state index in [1.807, 2.05) is 0 Å². The molecule has 0 aromatic heterocycles. The normalized spacial score (nSPS) is 12.9. The molecule has 0 unspecified atom stereocenters. The monoisotopic (exact) mass is 367 g/mol. The summed E-state index contributed by atoms with van der Waals surface area (Å²) in [4.78, 5) is 12.0. The molecule has 126 valence electrons. The van der Waals surface area contributed by atoms with Gasteiger partial charge >= 0.3 is 0 Å². The molecule has 0 aliphatic carbocycles. The number of carbonyl (C=O) groups excluding carboxylic acids is 1. The second-order valence-corrected chi connectivity index (χ2v) is 7.60. The summed E-state index contributed by atoms with van der Waals surface area (Å²) in [6, 6.07) is 11.0. The van der Waals surface area contributed by atoms with Crippen LogP contribution in [0, 0.1) is 0 Å². The Bertz CT molecular complexity index is 865. The third-order valence-electron chi connectivity index (χ3n) is 3.42. The number of hydrogen-bond donors (Lipinski definition) is 1. The Balaban J connectivity index is 1.60. The molecule has 1 amide bonds.